The molecule has 0 amide bonds. The number of oxazole rings is 1. The van der Waals surface area contributed by atoms with Gasteiger partial charge in [0.1, 0.15) is 6.26 Å². The highest BCUT2D eigenvalue weighted by Gasteiger charge is 2.11. The largest absolute Gasteiger partial charge is 0.444 e. The predicted molar refractivity (Wildman–Crippen MR) is 81.3 cm³/mol. The molecule has 0 aliphatic heterocycles. The van der Waals surface area contributed by atoms with Crippen LogP contribution in [-0.4, -0.2) is 9.97 Å². The first-order chi connectivity index (χ1) is 11.1. The molecule has 0 saturated carbocycles. The van der Waals surface area contributed by atoms with Gasteiger partial charge < -0.3 is 9.73 Å². The van der Waals surface area contributed by atoms with Crippen LogP contribution in [0, 0.1) is 11.6 Å². The Morgan fingerprint density at radius 1 is 1.13 bits per heavy atom. The van der Waals surface area contributed by atoms with E-state index in [1.54, 1.807) is 12.4 Å². The average Bonchev–Trinajstić information content (AvgIpc) is 3.05. The van der Waals surface area contributed by atoms with Gasteiger partial charge >= 0.3 is 0 Å². The lowest BCUT2D eigenvalue weighted by atomic mass is 10.1. The van der Waals surface area contributed by atoms with Crippen LogP contribution in [0.25, 0.3) is 11.5 Å². The number of nitrogens with zero attached hydrogens (tertiary/aromatic N) is 2. The van der Waals surface area contributed by atoms with Gasteiger partial charge in [-0.05, 0) is 42.8 Å². The third kappa shape index (κ3) is 3.60. The van der Waals surface area contributed by atoms with Crippen LogP contribution in [0.1, 0.15) is 24.2 Å². The van der Waals surface area contributed by atoms with Gasteiger partial charge in [-0.25, -0.2) is 13.8 Å². The molecule has 0 saturated heterocycles. The molecule has 2 heterocycles. The topological polar surface area (TPSA) is 51.0 Å². The SMILES string of the molecule is CC(NCc1coc(-c2ccc(F)c(F)c2)n1)c1ccncc1. The normalized spacial score (nSPS) is 12.3. The molecule has 2 aromatic heterocycles. The van der Waals surface area contributed by atoms with Crippen LogP contribution in [0.2, 0.25) is 0 Å². The highest BCUT2D eigenvalue weighted by atomic mass is 19.2. The maximum atomic E-state index is 13.3. The zero-order chi connectivity index (χ0) is 16.2. The minimum Gasteiger partial charge on any atom is -0.444 e. The van der Waals surface area contributed by atoms with E-state index in [9.17, 15) is 8.78 Å². The van der Waals surface area contributed by atoms with Crippen LogP contribution in [-0.2, 0) is 6.54 Å². The molecule has 1 atom stereocenters. The number of rotatable bonds is 5. The number of aromatic nitrogens is 2. The number of hydrogen-bond acceptors (Lipinski definition) is 4. The summed E-state index contributed by atoms with van der Waals surface area (Å²) in [5.41, 5.74) is 2.20. The van der Waals surface area contributed by atoms with E-state index in [2.05, 4.69) is 15.3 Å². The molecule has 3 rings (SSSR count). The van der Waals surface area contributed by atoms with Gasteiger partial charge in [-0.3, -0.25) is 4.98 Å². The monoisotopic (exact) mass is 315 g/mol. The number of hydrogen-bond donors (Lipinski definition) is 1. The molecule has 118 valence electrons. The lowest BCUT2D eigenvalue weighted by Crippen LogP contribution is -2.18. The van der Waals surface area contributed by atoms with Crippen molar-refractivity contribution in [1.82, 2.24) is 15.3 Å². The van der Waals surface area contributed by atoms with Crippen molar-refractivity contribution in [1.29, 1.82) is 0 Å². The van der Waals surface area contributed by atoms with E-state index in [4.69, 9.17) is 4.42 Å². The lowest BCUT2D eigenvalue weighted by Gasteiger charge is -2.12. The first kappa shape index (κ1) is 15.3. The molecule has 4 nitrogen and oxygen atoms in total. The summed E-state index contributed by atoms with van der Waals surface area (Å²) in [5, 5.41) is 3.32. The van der Waals surface area contributed by atoms with Crippen molar-refractivity contribution >= 4 is 0 Å². The Morgan fingerprint density at radius 2 is 1.91 bits per heavy atom. The highest BCUT2D eigenvalue weighted by Crippen LogP contribution is 2.21. The second-order valence-corrected chi connectivity index (χ2v) is 5.16. The zero-order valence-corrected chi connectivity index (χ0v) is 12.5. The second kappa shape index (κ2) is 6.66. The summed E-state index contributed by atoms with van der Waals surface area (Å²) in [6.45, 7) is 2.53. The van der Waals surface area contributed by atoms with Gasteiger partial charge in [-0.2, -0.15) is 0 Å². The zero-order valence-electron chi connectivity index (χ0n) is 12.5. The van der Waals surface area contributed by atoms with Crippen molar-refractivity contribution < 1.29 is 13.2 Å². The maximum Gasteiger partial charge on any atom is 0.226 e. The third-order valence-electron chi connectivity index (χ3n) is 3.51. The highest BCUT2D eigenvalue weighted by molar-refractivity contribution is 5.53. The molecule has 1 N–H and O–H groups in total. The van der Waals surface area contributed by atoms with E-state index in [1.807, 2.05) is 19.1 Å². The maximum absolute atomic E-state index is 13.3. The van der Waals surface area contributed by atoms with Crippen LogP contribution in [0.4, 0.5) is 8.78 Å². The first-order valence-electron chi connectivity index (χ1n) is 7.16. The van der Waals surface area contributed by atoms with Crippen molar-refractivity contribution in [3.63, 3.8) is 0 Å². The van der Waals surface area contributed by atoms with Gasteiger partial charge in [0.15, 0.2) is 11.6 Å². The number of benzene rings is 1. The molecular weight excluding hydrogens is 300 g/mol. The molecule has 6 heteroatoms. The van der Waals surface area contributed by atoms with Gasteiger partial charge in [0.2, 0.25) is 5.89 Å². The van der Waals surface area contributed by atoms with Crippen molar-refractivity contribution in [3.05, 3.63) is 71.9 Å². The van der Waals surface area contributed by atoms with Crippen molar-refractivity contribution in [2.45, 2.75) is 19.5 Å². The molecule has 0 aliphatic rings. The summed E-state index contributed by atoms with van der Waals surface area (Å²) in [5.74, 6) is -1.56. The third-order valence-corrected chi connectivity index (χ3v) is 3.51. The molecule has 3 aromatic rings. The predicted octanol–water partition coefficient (Wildman–Crippen LogP) is 3.87. The molecule has 23 heavy (non-hydrogen) atoms. The fourth-order valence-electron chi connectivity index (χ4n) is 2.18. The van der Waals surface area contributed by atoms with E-state index in [0.29, 0.717) is 17.8 Å². The molecule has 0 spiro atoms. The number of halogens is 2. The molecular formula is C17H15F2N3O. The second-order valence-electron chi connectivity index (χ2n) is 5.16. The fourth-order valence-corrected chi connectivity index (χ4v) is 2.18. The van der Waals surface area contributed by atoms with Crippen molar-refractivity contribution in [2.24, 2.45) is 0 Å². The van der Waals surface area contributed by atoms with Crippen LogP contribution < -0.4 is 5.32 Å². The Kier molecular flexibility index (Phi) is 4.43. The summed E-state index contributed by atoms with van der Waals surface area (Å²) >= 11 is 0. The Labute approximate surface area is 132 Å². The van der Waals surface area contributed by atoms with Crippen molar-refractivity contribution in [3.8, 4) is 11.5 Å². The minimum absolute atomic E-state index is 0.126. The van der Waals surface area contributed by atoms with Crippen LogP contribution in [0.5, 0.6) is 0 Å². The van der Waals surface area contributed by atoms with Crippen LogP contribution in [0.15, 0.2) is 53.4 Å². The summed E-state index contributed by atoms with van der Waals surface area (Å²) in [4.78, 5) is 8.27. The van der Waals surface area contributed by atoms with Gasteiger partial charge in [-0.15, -0.1) is 0 Å². The molecule has 0 aliphatic carbocycles. The van der Waals surface area contributed by atoms with Crippen LogP contribution >= 0.6 is 0 Å². The van der Waals surface area contributed by atoms with Gasteiger partial charge in [-0.1, -0.05) is 0 Å². The number of pyridine rings is 1. The Balaban J connectivity index is 1.66. The summed E-state index contributed by atoms with van der Waals surface area (Å²) in [7, 11) is 0. The van der Waals surface area contributed by atoms with E-state index in [1.165, 1.54) is 12.3 Å². The molecule has 1 aromatic carbocycles. The van der Waals surface area contributed by atoms with E-state index in [0.717, 1.165) is 17.7 Å². The summed E-state index contributed by atoms with van der Waals surface area (Å²) in [6, 6.07) is 7.55. The van der Waals surface area contributed by atoms with E-state index < -0.39 is 11.6 Å². The summed E-state index contributed by atoms with van der Waals surface area (Å²) < 4.78 is 31.5. The molecule has 0 fully saturated rings. The Bertz CT molecular complexity index is 790. The van der Waals surface area contributed by atoms with Crippen molar-refractivity contribution in [2.75, 3.05) is 0 Å². The van der Waals surface area contributed by atoms with Gasteiger partial charge in [0, 0.05) is 30.5 Å². The number of nitrogens with one attached hydrogen (secondary N) is 1. The molecule has 1 unspecified atom stereocenters. The molecule has 0 bridgehead atoms. The lowest BCUT2D eigenvalue weighted by molar-refractivity contribution is 0.507. The van der Waals surface area contributed by atoms with Gasteiger partial charge in [0.05, 0.1) is 5.69 Å². The first-order valence-corrected chi connectivity index (χ1v) is 7.16. The smallest absolute Gasteiger partial charge is 0.226 e. The minimum atomic E-state index is -0.924. The van der Waals surface area contributed by atoms with Crippen LogP contribution in [0.3, 0.4) is 0 Å². The van der Waals surface area contributed by atoms with Gasteiger partial charge in [0.25, 0.3) is 0 Å². The summed E-state index contributed by atoms with van der Waals surface area (Å²) in [6.07, 6.45) is 4.98. The Morgan fingerprint density at radius 3 is 2.65 bits per heavy atom. The quantitative estimate of drug-likeness (QED) is 0.776. The fraction of sp³-hybridized carbons (Fsp3) is 0.176. The average molecular weight is 315 g/mol. The van der Waals surface area contributed by atoms with E-state index >= 15 is 0 Å². The van der Waals surface area contributed by atoms with E-state index in [-0.39, 0.29) is 11.9 Å². The standard InChI is InChI=1S/C17H15F2N3O/c1-11(12-4-6-20-7-5-12)21-9-14-10-23-17(22-14)13-2-3-15(18)16(19)8-13/h2-8,10-11,21H,9H2,1H3. The Hall–Kier alpha value is -2.60. The molecule has 0 radical (unpaired) electrons.